The molecule has 6 heteroatoms. The minimum absolute atomic E-state index is 0.200. The average molecular weight is 431 g/mol. The summed E-state index contributed by atoms with van der Waals surface area (Å²) in [4.78, 5) is 2.47. The zero-order chi connectivity index (χ0) is 21.5. The van der Waals surface area contributed by atoms with Crippen LogP contribution in [0, 0.1) is 12.7 Å². The van der Waals surface area contributed by atoms with Crippen LogP contribution in [0.25, 0.3) is 10.4 Å². The quantitative estimate of drug-likeness (QED) is 0.636. The van der Waals surface area contributed by atoms with Crippen molar-refractivity contribution in [2.45, 2.75) is 32.0 Å². The van der Waals surface area contributed by atoms with Crippen molar-refractivity contribution in [3.8, 4) is 16.2 Å². The summed E-state index contributed by atoms with van der Waals surface area (Å²) >= 11 is 1.75. The van der Waals surface area contributed by atoms with Gasteiger partial charge in [-0.2, -0.15) is 0 Å². The van der Waals surface area contributed by atoms with Crippen LogP contribution in [0.4, 0.5) is 4.39 Å². The molecule has 2 aromatic carbocycles. The lowest BCUT2D eigenvalue weighted by molar-refractivity contribution is -0.0714. The molecule has 1 saturated heterocycles. The summed E-state index contributed by atoms with van der Waals surface area (Å²) in [6.07, 6.45) is 0.444. The van der Waals surface area contributed by atoms with E-state index in [0.717, 1.165) is 17.7 Å². The molecule has 1 fully saturated rings. The minimum Gasteiger partial charge on any atom is -0.497 e. The van der Waals surface area contributed by atoms with Gasteiger partial charge in [0.25, 0.3) is 0 Å². The van der Waals surface area contributed by atoms with Gasteiger partial charge >= 0.3 is 0 Å². The number of hydrogen-bond acceptors (Lipinski definition) is 5. The van der Waals surface area contributed by atoms with Crippen LogP contribution in [-0.4, -0.2) is 42.7 Å². The number of benzene rings is 2. The molecule has 0 bridgehead atoms. The van der Waals surface area contributed by atoms with Crippen LogP contribution in [0.2, 0.25) is 0 Å². The van der Waals surface area contributed by atoms with Gasteiger partial charge in [-0.05, 0) is 60.0 Å². The monoisotopic (exact) mass is 430 g/mol. The third-order valence-electron chi connectivity index (χ3n) is 4.87. The highest BCUT2D eigenvalue weighted by atomic mass is 32.1. The zero-order valence-corrected chi connectivity index (χ0v) is 18.0. The second-order valence-electron chi connectivity index (χ2n) is 7.32. The first-order chi connectivity index (χ1) is 14.4. The summed E-state index contributed by atoms with van der Waals surface area (Å²) in [5.74, 6) is 0.689. The van der Waals surface area contributed by atoms with Crippen LogP contribution in [0.3, 0.4) is 0 Å². The SMILES string of the molecule is COc1ccc(Cc2ccc(-c3ccc(F)cc3)s2)c(C)c1.OC1COCC(O)C1. The lowest BCUT2D eigenvalue weighted by Crippen LogP contribution is -2.32. The Bertz CT molecular complexity index is 931. The van der Waals surface area contributed by atoms with Crippen LogP contribution in [-0.2, 0) is 11.2 Å². The van der Waals surface area contributed by atoms with E-state index in [1.54, 1.807) is 18.4 Å². The maximum Gasteiger partial charge on any atom is 0.123 e. The van der Waals surface area contributed by atoms with Gasteiger partial charge in [0.05, 0.1) is 32.5 Å². The first-order valence-corrected chi connectivity index (χ1v) is 10.7. The van der Waals surface area contributed by atoms with Crippen molar-refractivity contribution in [2.75, 3.05) is 20.3 Å². The molecule has 160 valence electrons. The summed E-state index contributed by atoms with van der Waals surface area (Å²) in [6, 6.07) is 17.1. The van der Waals surface area contributed by atoms with Gasteiger partial charge in [0.2, 0.25) is 0 Å². The van der Waals surface area contributed by atoms with Crippen LogP contribution in [0.1, 0.15) is 22.4 Å². The molecule has 0 aliphatic carbocycles. The van der Waals surface area contributed by atoms with E-state index in [9.17, 15) is 4.39 Å². The van der Waals surface area contributed by atoms with Gasteiger partial charge in [0.1, 0.15) is 11.6 Å². The molecule has 0 radical (unpaired) electrons. The van der Waals surface area contributed by atoms with E-state index < -0.39 is 12.2 Å². The lowest BCUT2D eigenvalue weighted by Gasteiger charge is -2.21. The molecule has 2 N–H and O–H groups in total. The van der Waals surface area contributed by atoms with Gasteiger partial charge in [0.15, 0.2) is 0 Å². The molecule has 30 heavy (non-hydrogen) atoms. The van der Waals surface area contributed by atoms with Gasteiger partial charge in [-0.25, -0.2) is 4.39 Å². The first kappa shape index (κ1) is 22.4. The fourth-order valence-electron chi connectivity index (χ4n) is 3.21. The third-order valence-corrected chi connectivity index (χ3v) is 6.00. The molecular formula is C24H27FO4S. The van der Waals surface area contributed by atoms with Crippen molar-refractivity contribution in [3.63, 3.8) is 0 Å². The summed E-state index contributed by atoms with van der Waals surface area (Å²) in [5.41, 5.74) is 3.59. The van der Waals surface area contributed by atoms with Crippen molar-refractivity contribution in [3.05, 3.63) is 76.4 Å². The number of rotatable bonds is 4. The van der Waals surface area contributed by atoms with Gasteiger partial charge in [-0.1, -0.05) is 18.2 Å². The molecule has 3 aromatic rings. The molecule has 1 aliphatic rings. The Morgan fingerprint density at radius 2 is 1.73 bits per heavy atom. The van der Waals surface area contributed by atoms with Crippen molar-refractivity contribution in [1.82, 2.24) is 0 Å². The zero-order valence-electron chi connectivity index (χ0n) is 17.2. The molecular weight excluding hydrogens is 403 g/mol. The molecule has 1 aromatic heterocycles. The molecule has 2 atom stereocenters. The third kappa shape index (κ3) is 6.37. The number of aryl methyl sites for hydroxylation is 1. The smallest absolute Gasteiger partial charge is 0.123 e. The number of hydrogen-bond donors (Lipinski definition) is 2. The lowest BCUT2D eigenvalue weighted by atomic mass is 10.0. The van der Waals surface area contributed by atoms with Crippen LogP contribution < -0.4 is 4.74 Å². The molecule has 1 aliphatic heterocycles. The summed E-state index contributed by atoms with van der Waals surface area (Å²) in [5, 5.41) is 17.6. The molecule has 0 amide bonds. The Hall–Kier alpha value is -2.25. The van der Waals surface area contributed by atoms with Crippen molar-refractivity contribution in [2.24, 2.45) is 0 Å². The standard InChI is InChI=1S/C19H17FOS.C5H10O3/c1-13-11-17(21-2)8-5-15(13)12-18-9-10-19(22-18)14-3-6-16(20)7-4-14;6-4-1-5(7)3-8-2-4/h3-11H,12H2,1-2H3;4-7H,1-3H2. The summed E-state index contributed by atoms with van der Waals surface area (Å²) in [6.45, 7) is 2.85. The van der Waals surface area contributed by atoms with E-state index in [-0.39, 0.29) is 5.82 Å². The van der Waals surface area contributed by atoms with E-state index in [1.807, 2.05) is 18.2 Å². The second kappa shape index (κ2) is 10.7. The highest BCUT2D eigenvalue weighted by Crippen LogP contribution is 2.30. The van der Waals surface area contributed by atoms with Crippen LogP contribution in [0.5, 0.6) is 5.75 Å². The van der Waals surface area contributed by atoms with E-state index in [0.29, 0.717) is 19.6 Å². The predicted molar refractivity (Wildman–Crippen MR) is 118 cm³/mol. The van der Waals surface area contributed by atoms with Gasteiger partial charge < -0.3 is 19.7 Å². The van der Waals surface area contributed by atoms with Crippen molar-refractivity contribution >= 4 is 11.3 Å². The minimum atomic E-state index is -0.459. The fourth-order valence-corrected chi connectivity index (χ4v) is 4.25. The number of thiophene rings is 1. The maximum absolute atomic E-state index is 13.0. The van der Waals surface area contributed by atoms with E-state index in [4.69, 9.17) is 19.7 Å². The molecule has 4 nitrogen and oxygen atoms in total. The number of aliphatic hydroxyl groups is 2. The van der Waals surface area contributed by atoms with Crippen molar-refractivity contribution in [1.29, 1.82) is 0 Å². The number of ether oxygens (including phenoxy) is 2. The Morgan fingerprint density at radius 1 is 1.03 bits per heavy atom. The van der Waals surface area contributed by atoms with Gasteiger partial charge in [-0.15, -0.1) is 11.3 Å². The van der Waals surface area contributed by atoms with E-state index >= 15 is 0 Å². The van der Waals surface area contributed by atoms with E-state index in [2.05, 4.69) is 31.2 Å². The summed E-state index contributed by atoms with van der Waals surface area (Å²) < 4.78 is 23.0. The molecule has 2 heterocycles. The number of halogens is 1. The predicted octanol–water partition coefficient (Wildman–Crippen LogP) is 4.59. The first-order valence-electron chi connectivity index (χ1n) is 9.86. The average Bonchev–Trinajstić information content (AvgIpc) is 3.19. The Balaban J connectivity index is 0.000000269. The fraction of sp³-hybridized carbons (Fsp3) is 0.333. The topological polar surface area (TPSA) is 58.9 Å². The summed E-state index contributed by atoms with van der Waals surface area (Å²) in [7, 11) is 1.68. The number of methoxy groups -OCH3 is 1. The largest absolute Gasteiger partial charge is 0.497 e. The van der Waals surface area contributed by atoms with Gasteiger partial charge in [-0.3, -0.25) is 0 Å². The maximum atomic E-state index is 13.0. The highest BCUT2D eigenvalue weighted by molar-refractivity contribution is 7.15. The molecule has 2 unspecified atom stereocenters. The molecule has 4 rings (SSSR count). The van der Waals surface area contributed by atoms with Crippen LogP contribution in [0.15, 0.2) is 54.6 Å². The Morgan fingerprint density at radius 3 is 2.30 bits per heavy atom. The molecule has 0 saturated carbocycles. The Kier molecular flexibility index (Phi) is 7.99. The number of aliphatic hydroxyl groups excluding tert-OH is 2. The van der Waals surface area contributed by atoms with Crippen molar-refractivity contribution < 1.29 is 24.1 Å². The molecule has 0 spiro atoms. The van der Waals surface area contributed by atoms with Crippen LogP contribution >= 0.6 is 11.3 Å². The highest BCUT2D eigenvalue weighted by Gasteiger charge is 2.17. The van der Waals surface area contributed by atoms with E-state index in [1.165, 1.54) is 33.0 Å². The Labute approximate surface area is 180 Å². The normalized spacial score (nSPS) is 18.4. The second-order valence-corrected chi connectivity index (χ2v) is 8.49. The van der Waals surface area contributed by atoms with Gasteiger partial charge in [0, 0.05) is 22.6 Å².